The van der Waals surface area contributed by atoms with Crippen LogP contribution in [0.1, 0.15) is 40.3 Å². The smallest absolute Gasteiger partial charge is 0.147 e. The molecule has 0 aromatic carbocycles. The zero-order chi connectivity index (χ0) is 13.3. The zero-order valence-corrected chi connectivity index (χ0v) is 15.1. The van der Waals surface area contributed by atoms with Crippen molar-refractivity contribution in [3.8, 4) is 0 Å². The van der Waals surface area contributed by atoms with Crippen LogP contribution < -0.4 is 0 Å². The molecule has 2 atom stereocenters. The standard InChI is InChI=1S/C13H22BrNOSi/c1-9(12(2,3)4)13(5,16-17)10-7-6-8-11(14)15-10/h6-9H,1-5,17H3. The molecule has 0 N–H and O–H groups in total. The van der Waals surface area contributed by atoms with E-state index in [1.807, 2.05) is 18.2 Å². The minimum atomic E-state index is -0.311. The molecule has 0 fully saturated rings. The molecule has 0 saturated carbocycles. The lowest BCUT2D eigenvalue weighted by atomic mass is 9.71. The average Bonchev–Trinajstić information content (AvgIpc) is 2.25. The van der Waals surface area contributed by atoms with Crippen LogP contribution in [-0.2, 0) is 10.0 Å². The Morgan fingerprint density at radius 2 is 1.88 bits per heavy atom. The number of hydrogen-bond donors (Lipinski definition) is 0. The van der Waals surface area contributed by atoms with Gasteiger partial charge in [-0.15, -0.1) is 0 Å². The fourth-order valence-electron chi connectivity index (χ4n) is 2.01. The summed E-state index contributed by atoms with van der Waals surface area (Å²) < 4.78 is 6.78. The fraction of sp³-hybridized carbons (Fsp3) is 0.615. The van der Waals surface area contributed by atoms with Crippen molar-refractivity contribution < 1.29 is 4.43 Å². The molecule has 17 heavy (non-hydrogen) atoms. The van der Waals surface area contributed by atoms with Gasteiger partial charge in [-0.1, -0.05) is 33.8 Å². The maximum Gasteiger partial charge on any atom is 0.147 e. The monoisotopic (exact) mass is 315 g/mol. The molecular weight excluding hydrogens is 294 g/mol. The van der Waals surface area contributed by atoms with E-state index in [-0.39, 0.29) is 11.0 Å². The van der Waals surface area contributed by atoms with Crippen molar-refractivity contribution in [3.63, 3.8) is 0 Å². The van der Waals surface area contributed by atoms with Crippen molar-refractivity contribution in [2.45, 2.75) is 40.2 Å². The Hall–Kier alpha value is -0.193. The van der Waals surface area contributed by atoms with Crippen molar-refractivity contribution in [3.05, 3.63) is 28.5 Å². The van der Waals surface area contributed by atoms with Gasteiger partial charge in [0, 0.05) is 0 Å². The van der Waals surface area contributed by atoms with E-state index in [2.05, 4.69) is 55.5 Å². The summed E-state index contributed by atoms with van der Waals surface area (Å²) in [7, 11) is 0.706. The summed E-state index contributed by atoms with van der Waals surface area (Å²) in [6, 6.07) is 6.00. The highest BCUT2D eigenvalue weighted by atomic mass is 79.9. The molecule has 96 valence electrons. The Morgan fingerprint density at radius 3 is 2.29 bits per heavy atom. The van der Waals surface area contributed by atoms with Gasteiger partial charge in [0.05, 0.1) is 11.3 Å². The largest absolute Gasteiger partial charge is 0.417 e. The highest BCUT2D eigenvalue weighted by Crippen LogP contribution is 2.42. The van der Waals surface area contributed by atoms with Crippen LogP contribution in [0.3, 0.4) is 0 Å². The van der Waals surface area contributed by atoms with E-state index in [4.69, 9.17) is 4.43 Å². The molecule has 0 aliphatic rings. The minimum Gasteiger partial charge on any atom is -0.417 e. The molecule has 0 aliphatic heterocycles. The van der Waals surface area contributed by atoms with Crippen LogP contribution in [0.15, 0.2) is 22.8 Å². The van der Waals surface area contributed by atoms with Crippen LogP contribution in [0, 0.1) is 11.3 Å². The van der Waals surface area contributed by atoms with Crippen LogP contribution in [0.5, 0.6) is 0 Å². The number of pyridine rings is 1. The minimum absolute atomic E-state index is 0.184. The lowest BCUT2D eigenvalue weighted by Gasteiger charge is -2.42. The first-order chi connectivity index (χ1) is 7.71. The quantitative estimate of drug-likeness (QED) is 0.632. The molecule has 0 aliphatic carbocycles. The van der Waals surface area contributed by atoms with Crippen LogP contribution >= 0.6 is 15.9 Å². The van der Waals surface area contributed by atoms with Gasteiger partial charge in [-0.3, -0.25) is 0 Å². The molecular formula is C13H22BrNOSi. The number of nitrogens with zero attached hydrogens (tertiary/aromatic N) is 1. The van der Waals surface area contributed by atoms with Gasteiger partial charge in [0.15, 0.2) is 0 Å². The Balaban J connectivity index is 3.21. The number of rotatable bonds is 3. The number of halogens is 1. The van der Waals surface area contributed by atoms with E-state index in [1.165, 1.54) is 0 Å². The lowest BCUT2D eigenvalue weighted by molar-refractivity contribution is -0.0184. The third-order valence-electron chi connectivity index (χ3n) is 3.77. The molecule has 4 heteroatoms. The van der Waals surface area contributed by atoms with Crippen LogP contribution in [0.25, 0.3) is 0 Å². The molecule has 2 nitrogen and oxygen atoms in total. The Kier molecular flexibility index (Phi) is 4.55. The van der Waals surface area contributed by atoms with E-state index in [0.29, 0.717) is 16.4 Å². The third kappa shape index (κ3) is 3.17. The fourth-order valence-corrected chi connectivity index (χ4v) is 2.92. The topological polar surface area (TPSA) is 22.1 Å². The second kappa shape index (κ2) is 5.20. The Morgan fingerprint density at radius 1 is 1.29 bits per heavy atom. The van der Waals surface area contributed by atoms with Crippen molar-refractivity contribution in [2.24, 2.45) is 11.3 Å². The summed E-state index contributed by atoms with van der Waals surface area (Å²) >= 11 is 3.43. The molecule has 1 aromatic rings. The lowest BCUT2D eigenvalue weighted by Crippen LogP contribution is -2.40. The van der Waals surface area contributed by atoms with Gasteiger partial charge in [-0.25, -0.2) is 4.98 Å². The molecule has 2 unspecified atom stereocenters. The normalized spacial score (nSPS) is 17.8. The molecule has 1 heterocycles. The van der Waals surface area contributed by atoms with Crippen molar-refractivity contribution in [1.82, 2.24) is 4.98 Å². The Bertz CT molecular complexity index is 391. The summed E-state index contributed by atoms with van der Waals surface area (Å²) in [4.78, 5) is 4.56. The second-order valence-electron chi connectivity index (χ2n) is 5.74. The van der Waals surface area contributed by atoms with Crippen molar-refractivity contribution >= 4 is 26.4 Å². The van der Waals surface area contributed by atoms with E-state index in [9.17, 15) is 0 Å². The summed E-state index contributed by atoms with van der Waals surface area (Å²) in [5, 5.41) is 0. The molecule has 1 rings (SSSR count). The maximum atomic E-state index is 5.92. The van der Waals surface area contributed by atoms with Gasteiger partial charge < -0.3 is 4.43 Å². The molecule has 1 aromatic heterocycles. The summed E-state index contributed by atoms with van der Waals surface area (Å²) in [5.74, 6) is 0.384. The third-order valence-corrected chi connectivity index (χ3v) is 5.06. The van der Waals surface area contributed by atoms with Crippen molar-refractivity contribution in [1.29, 1.82) is 0 Å². The average molecular weight is 316 g/mol. The highest BCUT2D eigenvalue weighted by molar-refractivity contribution is 9.10. The van der Waals surface area contributed by atoms with Gasteiger partial charge in [0.25, 0.3) is 0 Å². The first-order valence-electron chi connectivity index (χ1n) is 5.90. The SMILES string of the molecule is CC(C(C)(C)C)C(C)(O[SiH3])c1cccc(Br)n1. The molecule has 0 bridgehead atoms. The maximum absolute atomic E-state index is 5.92. The van der Waals surface area contributed by atoms with E-state index in [1.54, 1.807) is 0 Å². The van der Waals surface area contributed by atoms with E-state index in [0.717, 1.165) is 10.3 Å². The molecule has 0 saturated heterocycles. The zero-order valence-electron chi connectivity index (χ0n) is 11.5. The van der Waals surface area contributed by atoms with E-state index >= 15 is 0 Å². The molecule has 0 spiro atoms. The second-order valence-corrected chi connectivity index (χ2v) is 6.97. The summed E-state index contributed by atoms with van der Waals surface area (Å²) in [6.07, 6.45) is 0. The van der Waals surface area contributed by atoms with Gasteiger partial charge in [-0.2, -0.15) is 0 Å². The molecule has 0 radical (unpaired) electrons. The Labute approximate surface area is 116 Å². The summed E-state index contributed by atoms with van der Waals surface area (Å²) in [6.45, 7) is 11.1. The van der Waals surface area contributed by atoms with Crippen LogP contribution in [-0.4, -0.2) is 15.5 Å². The first kappa shape index (κ1) is 14.9. The molecule has 0 amide bonds. The number of aromatic nitrogens is 1. The van der Waals surface area contributed by atoms with Gasteiger partial charge in [-0.05, 0) is 46.3 Å². The predicted molar refractivity (Wildman–Crippen MR) is 78.9 cm³/mol. The summed E-state index contributed by atoms with van der Waals surface area (Å²) in [5.41, 5.74) is 0.876. The number of hydrogen-bond acceptors (Lipinski definition) is 2. The van der Waals surface area contributed by atoms with Gasteiger partial charge in [0.1, 0.15) is 15.1 Å². The van der Waals surface area contributed by atoms with Crippen LogP contribution in [0.4, 0.5) is 0 Å². The van der Waals surface area contributed by atoms with Crippen LogP contribution in [0.2, 0.25) is 0 Å². The van der Waals surface area contributed by atoms with E-state index < -0.39 is 0 Å². The van der Waals surface area contributed by atoms with Gasteiger partial charge in [0.2, 0.25) is 0 Å². The van der Waals surface area contributed by atoms with Crippen molar-refractivity contribution in [2.75, 3.05) is 0 Å². The highest BCUT2D eigenvalue weighted by Gasteiger charge is 2.40. The van der Waals surface area contributed by atoms with Gasteiger partial charge >= 0.3 is 0 Å². The first-order valence-corrected chi connectivity index (χ1v) is 7.51. The predicted octanol–water partition coefficient (Wildman–Crippen LogP) is 3.04.